The number of hydrogen-bond donors (Lipinski definition) is 1. The van der Waals surface area contributed by atoms with Crippen LogP contribution in [-0.2, 0) is 7.05 Å². The highest BCUT2D eigenvalue weighted by atomic mass is 16.2. The van der Waals surface area contributed by atoms with Crippen molar-refractivity contribution in [1.82, 2.24) is 29.6 Å². The quantitative estimate of drug-likeness (QED) is 0.765. The summed E-state index contributed by atoms with van der Waals surface area (Å²) in [6.07, 6.45) is 4.99. The van der Waals surface area contributed by atoms with Crippen LogP contribution in [-0.4, -0.2) is 42.1 Å². The number of likely N-dealkylation sites (tertiary alicyclic amines) is 1. The lowest BCUT2D eigenvalue weighted by molar-refractivity contribution is 0.0729. The van der Waals surface area contributed by atoms with E-state index in [1.54, 1.807) is 29.0 Å². The maximum absolute atomic E-state index is 13.0. The molecule has 1 unspecified atom stereocenters. The van der Waals surface area contributed by atoms with E-state index in [1.807, 2.05) is 25.1 Å². The Morgan fingerprint density at radius 1 is 1.30 bits per heavy atom. The molecule has 0 bridgehead atoms. The van der Waals surface area contributed by atoms with Gasteiger partial charge in [0.25, 0.3) is 11.5 Å². The van der Waals surface area contributed by atoms with Gasteiger partial charge in [0.05, 0.1) is 28.7 Å². The summed E-state index contributed by atoms with van der Waals surface area (Å²) in [5.41, 5.74) is 2.15. The van der Waals surface area contributed by atoms with Crippen molar-refractivity contribution in [3.05, 3.63) is 64.1 Å². The van der Waals surface area contributed by atoms with Crippen molar-refractivity contribution >= 4 is 5.91 Å². The second-order valence-electron chi connectivity index (χ2n) is 6.69. The molecule has 138 valence electrons. The third-order valence-electron chi connectivity index (χ3n) is 4.76. The molecule has 4 heterocycles. The molecule has 1 fully saturated rings. The highest BCUT2D eigenvalue weighted by Gasteiger charge is 2.33. The van der Waals surface area contributed by atoms with Gasteiger partial charge in [-0.15, -0.1) is 0 Å². The second-order valence-corrected chi connectivity index (χ2v) is 6.69. The maximum atomic E-state index is 13.0. The third kappa shape index (κ3) is 3.25. The molecule has 3 aromatic rings. The summed E-state index contributed by atoms with van der Waals surface area (Å²) < 4.78 is 1.63. The zero-order valence-corrected chi connectivity index (χ0v) is 15.2. The van der Waals surface area contributed by atoms with Crippen molar-refractivity contribution in [1.29, 1.82) is 0 Å². The van der Waals surface area contributed by atoms with Gasteiger partial charge in [-0.25, -0.2) is 4.98 Å². The molecule has 1 aliphatic heterocycles. The van der Waals surface area contributed by atoms with Crippen LogP contribution in [0, 0.1) is 6.92 Å². The Labute approximate surface area is 155 Å². The summed E-state index contributed by atoms with van der Waals surface area (Å²) in [5.74, 6) is 0.407. The van der Waals surface area contributed by atoms with Crippen molar-refractivity contribution in [2.24, 2.45) is 7.05 Å². The Balaban J connectivity index is 1.70. The molecule has 27 heavy (non-hydrogen) atoms. The number of nitrogens with one attached hydrogen (secondary N) is 1. The van der Waals surface area contributed by atoms with Crippen LogP contribution >= 0.6 is 0 Å². The van der Waals surface area contributed by atoms with E-state index in [0.717, 1.165) is 12.8 Å². The molecule has 0 aromatic carbocycles. The lowest BCUT2D eigenvalue weighted by Crippen LogP contribution is -2.32. The Bertz CT molecular complexity index is 1040. The highest BCUT2D eigenvalue weighted by molar-refractivity contribution is 5.95. The molecule has 3 aromatic heterocycles. The van der Waals surface area contributed by atoms with Crippen molar-refractivity contribution in [3.8, 4) is 11.4 Å². The largest absolute Gasteiger partial charge is 0.328 e. The number of carbonyl (C=O) groups excluding carboxylic acids is 1. The van der Waals surface area contributed by atoms with Crippen LogP contribution in [0.15, 0.2) is 41.5 Å². The smallest absolute Gasteiger partial charge is 0.257 e. The van der Waals surface area contributed by atoms with Gasteiger partial charge in [0.2, 0.25) is 0 Å². The summed E-state index contributed by atoms with van der Waals surface area (Å²) in [5, 5.41) is 4.26. The Morgan fingerprint density at radius 3 is 2.85 bits per heavy atom. The van der Waals surface area contributed by atoms with Crippen LogP contribution in [0.4, 0.5) is 0 Å². The predicted octanol–water partition coefficient (Wildman–Crippen LogP) is 1.85. The van der Waals surface area contributed by atoms with Crippen LogP contribution in [0.25, 0.3) is 11.4 Å². The molecule has 1 saturated heterocycles. The van der Waals surface area contributed by atoms with E-state index in [2.05, 4.69) is 20.1 Å². The highest BCUT2D eigenvalue weighted by Crippen LogP contribution is 2.31. The van der Waals surface area contributed by atoms with Gasteiger partial charge in [-0.3, -0.25) is 19.3 Å². The van der Waals surface area contributed by atoms with E-state index in [4.69, 9.17) is 0 Å². The van der Waals surface area contributed by atoms with Gasteiger partial charge in [-0.2, -0.15) is 5.10 Å². The van der Waals surface area contributed by atoms with E-state index in [-0.39, 0.29) is 17.5 Å². The molecule has 8 heteroatoms. The standard InChI is InChI=1S/C19H20N6O2/c1-12-13(11-24(2)23-12)19(27)25-9-5-7-16(25)18-21-15(10-17(26)22-18)14-6-3-4-8-20-14/h3-4,6,8,10-11,16H,5,7,9H2,1-2H3,(H,21,22,26). The van der Waals surface area contributed by atoms with Crippen LogP contribution in [0.3, 0.4) is 0 Å². The van der Waals surface area contributed by atoms with Crippen molar-refractivity contribution in [3.63, 3.8) is 0 Å². The lowest BCUT2D eigenvalue weighted by atomic mass is 10.1. The van der Waals surface area contributed by atoms with E-state index in [0.29, 0.717) is 35.0 Å². The first-order valence-corrected chi connectivity index (χ1v) is 8.87. The number of hydrogen-bond acceptors (Lipinski definition) is 5. The molecular weight excluding hydrogens is 344 g/mol. The van der Waals surface area contributed by atoms with E-state index < -0.39 is 0 Å². The zero-order valence-electron chi connectivity index (χ0n) is 15.2. The normalized spacial score (nSPS) is 16.7. The molecule has 4 rings (SSSR count). The number of H-pyrrole nitrogens is 1. The molecule has 0 spiro atoms. The number of nitrogens with zero attached hydrogens (tertiary/aromatic N) is 5. The van der Waals surface area contributed by atoms with Gasteiger partial charge < -0.3 is 9.88 Å². The number of amides is 1. The number of aromatic amines is 1. The average Bonchev–Trinajstić information content (AvgIpc) is 3.28. The maximum Gasteiger partial charge on any atom is 0.257 e. The van der Waals surface area contributed by atoms with Gasteiger partial charge >= 0.3 is 0 Å². The molecule has 0 aliphatic carbocycles. The van der Waals surface area contributed by atoms with E-state index in [9.17, 15) is 9.59 Å². The molecule has 1 amide bonds. The molecular formula is C19H20N6O2. The van der Waals surface area contributed by atoms with Crippen molar-refractivity contribution in [2.75, 3.05) is 6.54 Å². The van der Waals surface area contributed by atoms with Crippen LogP contribution < -0.4 is 5.56 Å². The monoisotopic (exact) mass is 364 g/mol. The Morgan fingerprint density at radius 2 is 2.15 bits per heavy atom. The SMILES string of the molecule is Cc1nn(C)cc1C(=O)N1CCCC1c1nc(-c2ccccn2)cc(=O)[nH]1. The molecule has 8 nitrogen and oxygen atoms in total. The minimum atomic E-state index is -0.270. The van der Waals surface area contributed by atoms with E-state index in [1.165, 1.54) is 6.07 Å². The summed E-state index contributed by atoms with van der Waals surface area (Å²) in [6, 6.07) is 6.63. The fraction of sp³-hybridized carbons (Fsp3) is 0.316. The molecule has 1 atom stereocenters. The first-order valence-electron chi connectivity index (χ1n) is 8.87. The molecule has 1 N–H and O–H groups in total. The van der Waals surface area contributed by atoms with Crippen molar-refractivity contribution in [2.45, 2.75) is 25.8 Å². The summed E-state index contributed by atoms with van der Waals surface area (Å²) in [6.45, 7) is 2.44. The Kier molecular flexibility index (Phi) is 4.31. The number of aryl methyl sites for hydroxylation is 2. The average molecular weight is 364 g/mol. The molecule has 1 aliphatic rings. The van der Waals surface area contributed by atoms with Gasteiger partial charge in [0.1, 0.15) is 5.82 Å². The molecule has 0 saturated carbocycles. The van der Waals surface area contributed by atoms with Crippen LogP contribution in [0.1, 0.15) is 40.8 Å². The summed E-state index contributed by atoms with van der Waals surface area (Å²) >= 11 is 0. The van der Waals surface area contributed by atoms with Gasteiger partial charge in [-0.1, -0.05) is 6.07 Å². The topological polar surface area (TPSA) is 96.8 Å². The van der Waals surface area contributed by atoms with Crippen LogP contribution in [0.5, 0.6) is 0 Å². The third-order valence-corrected chi connectivity index (χ3v) is 4.76. The van der Waals surface area contributed by atoms with Gasteiger partial charge in [-0.05, 0) is 31.9 Å². The number of rotatable bonds is 3. The second kappa shape index (κ2) is 6.79. The summed E-state index contributed by atoms with van der Waals surface area (Å²) in [4.78, 5) is 38.7. The zero-order chi connectivity index (χ0) is 19.0. The fourth-order valence-electron chi connectivity index (χ4n) is 3.54. The minimum Gasteiger partial charge on any atom is -0.328 e. The van der Waals surface area contributed by atoms with E-state index >= 15 is 0 Å². The van der Waals surface area contributed by atoms with Gasteiger partial charge in [0, 0.05) is 32.1 Å². The van der Waals surface area contributed by atoms with Crippen molar-refractivity contribution < 1.29 is 4.79 Å². The first kappa shape index (κ1) is 17.1. The fourth-order valence-corrected chi connectivity index (χ4v) is 3.54. The Hall–Kier alpha value is -3.29. The number of pyridine rings is 1. The van der Waals surface area contributed by atoms with Crippen LogP contribution in [0.2, 0.25) is 0 Å². The minimum absolute atomic E-state index is 0.0889. The molecule has 0 radical (unpaired) electrons. The number of aromatic nitrogens is 5. The summed E-state index contributed by atoms with van der Waals surface area (Å²) in [7, 11) is 1.79. The van der Waals surface area contributed by atoms with Gasteiger partial charge in [0.15, 0.2) is 0 Å². The lowest BCUT2D eigenvalue weighted by Gasteiger charge is -2.24. The predicted molar refractivity (Wildman–Crippen MR) is 99.0 cm³/mol. The number of carbonyl (C=O) groups is 1. The first-order chi connectivity index (χ1) is 13.0.